The second-order valence-corrected chi connectivity index (χ2v) is 4.33. The fraction of sp³-hybridized carbons (Fsp3) is 0.538. The molecule has 0 saturated carbocycles. The number of pyridine rings is 1. The summed E-state index contributed by atoms with van der Waals surface area (Å²) in [4.78, 5) is 25.3. The normalized spacial score (nSPS) is 10.7. The SMILES string of the molecule is CCN(CC)CC(=O)Nc1cn(C)c(=O)cc1C. The van der Waals surface area contributed by atoms with Gasteiger partial charge >= 0.3 is 0 Å². The number of amides is 1. The van der Waals surface area contributed by atoms with Gasteiger partial charge in [-0.05, 0) is 25.6 Å². The second kappa shape index (κ2) is 6.35. The summed E-state index contributed by atoms with van der Waals surface area (Å²) in [5.74, 6) is -0.0551. The van der Waals surface area contributed by atoms with Crippen LogP contribution in [0.4, 0.5) is 5.69 Å². The molecule has 0 unspecified atom stereocenters. The fourth-order valence-electron chi connectivity index (χ4n) is 1.69. The number of rotatable bonds is 5. The van der Waals surface area contributed by atoms with E-state index in [4.69, 9.17) is 0 Å². The van der Waals surface area contributed by atoms with Gasteiger partial charge in [0.2, 0.25) is 5.91 Å². The van der Waals surface area contributed by atoms with Gasteiger partial charge in [0.15, 0.2) is 0 Å². The molecule has 5 heteroatoms. The Balaban J connectivity index is 2.76. The zero-order valence-electron chi connectivity index (χ0n) is 11.5. The smallest absolute Gasteiger partial charge is 0.250 e. The monoisotopic (exact) mass is 251 g/mol. The molecule has 1 N–H and O–H groups in total. The summed E-state index contributed by atoms with van der Waals surface area (Å²) in [7, 11) is 1.67. The lowest BCUT2D eigenvalue weighted by molar-refractivity contribution is -0.117. The number of aryl methyl sites for hydroxylation is 2. The van der Waals surface area contributed by atoms with Gasteiger partial charge in [-0.15, -0.1) is 0 Å². The Morgan fingerprint density at radius 1 is 1.39 bits per heavy atom. The van der Waals surface area contributed by atoms with E-state index in [0.29, 0.717) is 12.2 Å². The number of nitrogens with zero attached hydrogens (tertiary/aromatic N) is 2. The number of aromatic nitrogens is 1. The van der Waals surface area contributed by atoms with E-state index in [9.17, 15) is 9.59 Å². The molecule has 1 amide bonds. The van der Waals surface area contributed by atoms with E-state index in [1.54, 1.807) is 13.2 Å². The third-order valence-corrected chi connectivity index (χ3v) is 2.97. The summed E-state index contributed by atoms with van der Waals surface area (Å²) >= 11 is 0. The van der Waals surface area contributed by atoms with Crippen LogP contribution < -0.4 is 10.9 Å². The molecule has 0 saturated heterocycles. The molecule has 0 aromatic carbocycles. The van der Waals surface area contributed by atoms with E-state index in [1.807, 2.05) is 25.7 Å². The van der Waals surface area contributed by atoms with Gasteiger partial charge < -0.3 is 9.88 Å². The number of nitrogens with one attached hydrogen (secondary N) is 1. The van der Waals surface area contributed by atoms with E-state index in [-0.39, 0.29) is 11.5 Å². The molecule has 0 aliphatic heterocycles. The van der Waals surface area contributed by atoms with Crippen molar-refractivity contribution in [2.45, 2.75) is 20.8 Å². The van der Waals surface area contributed by atoms with Crippen molar-refractivity contribution < 1.29 is 4.79 Å². The molecule has 0 spiro atoms. The summed E-state index contributed by atoms with van der Waals surface area (Å²) in [6.07, 6.45) is 1.65. The Kier molecular flexibility index (Phi) is 5.09. The number of anilines is 1. The Labute approximate surface area is 107 Å². The van der Waals surface area contributed by atoms with E-state index < -0.39 is 0 Å². The van der Waals surface area contributed by atoms with Gasteiger partial charge in [-0.1, -0.05) is 13.8 Å². The highest BCUT2D eigenvalue weighted by Gasteiger charge is 2.09. The van der Waals surface area contributed by atoms with Crippen LogP contribution in [0.3, 0.4) is 0 Å². The van der Waals surface area contributed by atoms with Crippen molar-refractivity contribution in [2.75, 3.05) is 25.0 Å². The lowest BCUT2D eigenvalue weighted by atomic mass is 10.2. The van der Waals surface area contributed by atoms with Crippen LogP contribution in [0, 0.1) is 6.92 Å². The lowest BCUT2D eigenvalue weighted by Crippen LogP contribution is -2.33. The second-order valence-electron chi connectivity index (χ2n) is 4.33. The first-order chi connectivity index (χ1) is 8.47. The van der Waals surface area contributed by atoms with Crippen LogP contribution in [-0.2, 0) is 11.8 Å². The third kappa shape index (κ3) is 3.70. The van der Waals surface area contributed by atoms with Gasteiger partial charge in [0, 0.05) is 19.3 Å². The largest absolute Gasteiger partial charge is 0.323 e. The minimum atomic E-state index is -0.0748. The van der Waals surface area contributed by atoms with Crippen molar-refractivity contribution in [3.63, 3.8) is 0 Å². The van der Waals surface area contributed by atoms with Crippen LogP contribution in [0.15, 0.2) is 17.1 Å². The molecule has 0 aliphatic rings. The molecule has 0 bridgehead atoms. The third-order valence-electron chi connectivity index (χ3n) is 2.97. The van der Waals surface area contributed by atoms with Crippen molar-refractivity contribution in [1.82, 2.24) is 9.47 Å². The number of carbonyl (C=O) groups is 1. The van der Waals surface area contributed by atoms with Crippen LogP contribution in [-0.4, -0.2) is 35.0 Å². The summed E-state index contributed by atoms with van der Waals surface area (Å²) in [6.45, 7) is 7.92. The fourth-order valence-corrected chi connectivity index (χ4v) is 1.69. The highest BCUT2D eigenvalue weighted by Crippen LogP contribution is 2.10. The van der Waals surface area contributed by atoms with Gasteiger partial charge in [0.05, 0.1) is 12.2 Å². The Morgan fingerprint density at radius 2 is 2.00 bits per heavy atom. The summed E-state index contributed by atoms with van der Waals surface area (Å²) in [5.41, 5.74) is 1.40. The maximum Gasteiger partial charge on any atom is 0.250 e. The van der Waals surface area contributed by atoms with E-state index in [0.717, 1.165) is 18.7 Å². The van der Waals surface area contributed by atoms with Gasteiger partial charge in [-0.25, -0.2) is 0 Å². The van der Waals surface area contributed by atoms with Crippen molar-refractivity contribution in [2.24, 2.45) is 7.05 Å². The molecule has 100 valence electrons. The first-order valence-corrected chi connectivity index (χ1v) is 6.17. The molecular formula is C13H21N3O2. The van der Waals surface area contributed by atoms with E-state index >= 15 is 0 Å². The van der Waals surface area contributed by atoms with Gasteiger partial charge in [0.25, 0.3) is 5.56 Å². The van der Waals surface area contributed by atoms with Gasteiger partial charge in [0.1, 0.15) is 0 Å². The Morgan fingerprint density at radius 3 is 2.56 bits per heavy atom. The van der Waals surface area contributed by atoms with Crippen LogP contribution in [0.5, 0.6) is 0 Å². The molecule has 18 heavy (non-hydrogen) atoms. The average molecular weight is 251 g/mol. The molecule has 1 rings (SSSR count). The van der Waals surface area contributed by atoms with Gasteiger partial charge in [-0.3, -0.25) is 14.5 Å². The van der Waals surface area contributed by atoms with Crippen molar-refractivity contribution in [3.8, 4) is 0 Å². The van der Waals surface area contributed by atoms with E-state index in [2.05, 4.69) is 5.32 Å². The lowest BCUT2D eigenvalue weighted by Gasteiger charge is -2.18. The summed E-state index contributed by atoms with van der Waals surface area (Å²) in [6, 6.07) is 1.52. The molecule has 1 aromatic rings. The molecule has 0 fully saturated rings. The number of hydrogen-bond acceptors (Lipinski definition) is 3. The summed E-state index contributed by atoms with van der Waals surface area (Å²) in [5, 5.41) is 2.84. The molecule has 0 atom stereocenters. The Hall–Kier alpha value is -1.62. The van der Waals surface area contributed by atoms with Crippen LogP contribution in [0.25, 0.3) is 0 Å². The highest BCUT2D eigenvalue weighted by molar-refractivity contribution is 5.92. The van der Waals surface area contributed by atoms with Gasteiger partial charge in [-0.2, -0.15) is 0 Å². The van der Waals surface area contributed by atoms with E-state index in [1.165, 1.54) is 10.6 Å². The van der Waals surface area contributed by atoms with Crippen molar-refractivity contribution in [1.29, 1.82) is 0 Å². The zero-order valence-corrected chi connectivity index (χ0v) is 11.5. The maximum absolute atomic E-state index is 11.8. The average Bonchev–Trinajstić information content (AvgIpc) is 2.33. The van der Waals surface area contributed by atoms with Crippen molar-refractivity contribution >= 4 is 11.6 Å². The zero-order chi connectivity index (χ0) is 13.7. The van der Waals surface area contributed by atoms with Crippen LogP contribution in [0.2, 0.25) is 0 Å². The minimum absolute atomic E-state index is 0.0551. The van der Waals surface area contributed by atoms with Crippen LogP contribution in [0.1, 0.15) is 19.4 Å². The molecular weight excluding hydrogens is 230 g/mol. The first kappa shape index (κ1) is 14.4. The molecule has 1 heterocycles. The van der Waals surface area contributed by atoms with Crippen molar-refractivity contribution in [3.05, 3.63) is 28.2 Å². The number of hydrogen-bond donors (Lipinski definition) is 1. The minimum Gasteiger partial charge on any atom is -0.323 e. The molecule has 0 aliphatic carbocycles. The standard InChI is InChI=1S/C13H21N3O2/c1-5-16(6-2)9-12(17)14-11-8-15(4)13(18)7-10(11)3/h7-8H,5-6,9H2,1-4H3,(H,14,17). The quantitative estimate of drug-likeness (QED) is 0.848. The number of carbonyl (C=O) groups excluding carboxylic acids is 1. The first-order valence-electron chi connectivity index (χ1n) is 6.17. The van der Waals surface area contributed by atoms with Crippen LogP contribution >= 0.6 is 0 Å². The summed E-state index contributed by atoms with van der Waals surface area (Å²) < 4.78 is 1.46. The predicted molar refractivity (Wildman–Crippen MR) is 72.8 cm³/mol. The molecule has 5 nitrogen and oxygen atoms in total. The topological polar surface area (TPSA) is 54.3 Å². The number of likely N-dealkylation sites (N-methyl/N-ethyl adjacent to an activating group) is 1. The maximum atomic E-state index is 11.8. The molecule has 0 radical (unpaired) electrons. The molecule has 1 aromatic heterocycles. The Bertz CT molecular complexity index is 476. The predicted octanol–water partition coefficient (Wildman–Crippen LogP) is 0.974. The highest BCUT2D eigenvalue weighted by atomic mass is 16.2.